The fraction of sp³-hybridized carbons (Fsp3) is 0.261. The summed E-state index contributed by atoms with van der Waals surface area (Å²) in [5, 5.41) is 4.03. The molecule has 9 heteroatoms. The number of anilines is 1. The second-order valence-electron chi connectivity index (χ2n) is 7.10. The zero-order valence-corrected chi connectivity index (χ0v) is 19.2. The van der Waals surface area contributed by atoms with Gasteiger partial charge >= 0.3 is 11.6 Å². The molecule has 0 aliphatic rings. The van der Waals surface area contributed by atoms with E-state index in [0.717, 1.165) is 10.9 Å². The Balaban J connectivity index is 1.63. The number of carbonyl (C=O) groups excluding carboxylic acids is 2. The fourth-order valence-electron chi connectivity index (χ4n) is 3.15. The summed E-state index contributed by atoms with van der Waals surface area (Å²) in [5.41, 5.74) is 1.33. The van der Waals surface area contributed by atoms with Crippen molar-refractivity contribution in [2.45, 2.75) is 32.8 Å². The van der Waals surface area contributed by atoms with Crippen LogP contribution >= 0.6 is 23.2 Å². The molecule has 2 aromatic carbocycles. The second-order valence-corrected chi connectivity index (χ2v) is 7.94. The molecule has 1 N–H and O–H groups in total. The molecular formula is C23H21Cl2NO6. The van der Waals surface area contributed by atoms with E-state index in [4.69, 9.17) is 37.1 Å². The molecule has 1 aromatic heterocycles. The lowest BCUT2D eigenvalue weighted by Gasteiger charge is -2.14. The van der Waals surface area contributed by atoms with Gasteiger partial charge < -0.3 is 19.2 Å². The first kappa shape index (κ1) is 23.6. The Morgan fingerprint density at radius 3 is 2.59 bits per heavy atom. The van der Waals surface area contributed by atoms with E-state index in [-0.39, 0.29) is 17.9 Å². The van der Waals surface area contributed by atoms with E-state index in [1.165, 1.54) is 20.1 Å². The van der Waals surface area contributed by atoms with Gasteiger partial charge in [-0.1, -0.05) is 23.2 Å². The minimum Gasteiger partial charge on any atom is -0.497 e. The van der Waals surface area contributed by atoms with Crippen LogP contribution in [-0.2, 0) is 20.7 Å². The maximum Gasteiger partial charge on any atom is 0.339 e. The Morgan fingerprint density at radius 2 is 1.91 bits per heavy atom. The lowest BCUT2D eigenvalue weighted by molar-refractivity contribution is -0.153. The molecule has 0 saturated heterocycles. The van der Waals surface area contributed by atoms with Crippen LogP contribution in [0.15, 0.2) is 45.6 Å². The van der Waals surface area contributed by atoms with Crippen LogP contribution in [0.25, 0.3) is 11.0 Å². The summed E-state index contributed by atoms with van der Waals surface area (Å²) >= 11 is 11.9. The van der Waals surface area contributed by atoms with Gasteiger partial charge in [0.15, 0.2) is 6.10 Å². The third-order valence-electron chi connectivity index (χ3n) is 4.94. The van der Waals surface area contributed by atoms with E-state index >= 15 is 0 Å². The maximum atomic E-state index is 12.4. The second kappa shape index (κ2) is 10.1. The van der Waals surface area contributed by atoms with Gasteiger partial charge in [-0.15, -0.1) is 0 Å². The van der Waals surface area contributed by atoms with Crippen LogP contribution in [-0.4, -0.2) is 25.1 Å². The number of methoxy groups -OCH3 is 1. The lowest BCUT2D eigenvalue weighted by atomic mass is 10.0. The molecule has 1 amide bonds. The Labute approximate surface area is 194 Å². The van der Waals surface area contributed by atoms with E-state index < -0.39 is 23.6 Å². The van der Waals surface area contributed by atoms with Crippen molar-refractivity contribution in [2.75, 3.05) is 12.4 Å². The number of benzene rings is 2. The molecule has 0 aliphatic heterocycles. The van der Waals surface area contributed by atoms with Crippen LogP contribution in [0.1, 0.15) is 24.5 Å². The van der Waals surface area contributed by atoms with Crippen LogP contribution in [0.3, 0.4) is 0 Å². The highest BCUT2D eigenvalue weighted by Gasteiger charge is 2.20. The number of amides is 1. The highest BCUT2D eigenvalue weighted by Crippen LogP contribution is 2.26. The first-order valence-electron chi connectivity index (χ1n) is 9.75. The van der Waals surface area contributed by atoms with Gasteiger partial charge in [-0.3, -0.25) is 9.59 Å². The van der Waals surface area contributed by atoms with Crippen molar-refractivity contribution in [2.24, 2.45) is 0 Å². The lowest BCUT2D eigenvalue weighted by Crippen LogP contribution is -2.30. The van der Waals surface area contributed by atoms with E-state index in [1.807, 2.05) is 0 Å². The number of carbonyl (C=O) groups is 2. The largest absolute Gasteiger partial charge is 0.497 e. The molecular weight excluding hydrogens is 457 g/mol. The van der Waals surface area contributed by atoms with Crippen molar-refractivity contribution in [3.05, 3.63) is 68.0 Å². The number of aryl methyl sites for hydroxylation is 1. The average Bonchev–Trinajstić information content (AvgIpc) is 2.74. The van der Waals surface area contributed by atoms with Crippen molar-refractivity contribution >= 4 is 51.7 Å². The predicted molar refractivity (Wildman–Crippen MR) is 123 cm³/mol. The number of fused-ring (bicyclic) bond motifs is 1. The molecule has 0 fully saturated rings. The molecule has 3 rings (SSSR count). The van der Waals surface area contributed by atoms with Gasteiger partial charge in [-0.25, -0.2) is 4.79 Å². The normalized spacial score (nSPS) is 11.8. The predicted octanol–water partition coefficient (Wildman–Crippen LogP) is 4.92. The first-order chi connectivity index (χ1) is 15.2. The standard InChI is InChI=1S/C23H21Cl2NO6/c1-12-16-6-5-15(30-3)11-20(16)32-23(29)17(12)7-9-21(27)31-13(2)22(28)26-19-8-4-14(24)10-18(19)25/h4-6,8,10-11,13H,7,9H2,1-3H3,(H,26,28). The summed E-state index contributed by atoms with van der Waals surface area (Å²) in [6, 6.07) is 9.81. The average molecular weight is 478 g/mol. The fourth-order valence-corrected chi connectivity index (χ4v) is 3.61. The van der Waals surface area contributed by atoms with Crippen LogP contribution < -0.4 is 15.7 Å². The number of hydrogen-bond donors (Lipinski definition) is 1. The Bertz CT molecular complexity index is 1240. The van der Waals surface area contributed by atoms with Crippen LogP contribution in [0.4, 0.5) is 5.69 Å². The van der Waals surface area contributed by atoms with Gasteiger partial charge in [0.25, 0.3) is 5.91 Å². The van der Waals surface area contributed by atoms with Crippen LogP contribution in [0.2, 0.25) is 10.0 Å². The molecule has 0 spiro atoms. The summed E-state index contributed by atoms with van der Waals surface area (Å²) in [6.45, 7) is 3.23. The summed E-state index contributed by atoms with van der Waals surface area (Å²) in [5.74, 6) is -0.593. The summed E-state index contributed by atoms with van der Waals surface area (Å²) < 4.78 is 15.7. The summed E-state index contributed by atoms with van der Waals surface area (Å²) in [7, 11) is 1.53. The highest BCUT2D eigenvalue weighted by molar-refractivity contribution is 6.36. The smallest absolute Gasteiger partial charge is 0.339 e. The first-order valence-corrected chi connectivity index (χ1v) is 10.5. The van der Waals surface area contributed by atoms with Gasteiger partial charge in [0.2, 0.25) is 0 Å². The van der Waals surface area contributed by atoms with E-state index in [0.29, 0.717) is 27.6 Å². The molecule has 3 aromatic rings. The van der Waals surface area contributed by atoms with E-state index in [2.05, 4.69) is 5.32 Å². The molecule has 7 nitrogen and oxygen atoms in total. The van der Waals surface area contributed by atoms with E-state index in [1.54, 1.807) is 37.3 Å². The zero-order valence-electron chi connectivity index (χ0n) is 17.7. The van der Waals surface area contributed by atoms with E-state index in [9.17, 15) is 14.4 Å². The maximum absolute atomic E-state index is 12.4. The summed E-state index contributed by atoms with van der Waals surface area (Å²) in [4.78, 5) is 37.0. The quantitative estimate of drug-likeness (QED) is 0.383. The Kier molecular flexibility index (Phi) is 7.43. The number of hydrogen-bond acceptors (Lipinski definition) is 6. The Hall–Kier alpha value is -3.03. The SMILES string of the molecule is COc1ccc2c(C)c(CCC(=O)OC(C)C(=O)Nc3ccc(Cl)cc3Cl)c(=O)oc2c1. The molecule has 0 bridgehead atoms. The third-order valence-corrected chi connectivity index (χ3v) is 5.49. The molecule has 0 saturated carbocycles. The number of nitrogens with one attached hydrogen (secondary N) is 1. The topological polar surface area (TPSA) is 94.8 Å². The number of rotatable bonds is 7. The van der Waals surface area contributed by atoms with Crippen molar-refractivity contribution in [3.63, 3.8) is 0 Å². The molecule has 32 heavy (non-hydrogen) atoms. The van der Waals surface area contributed by atoms with Gasteiger partial charge in [-0.05, 0) is 56.2 Å². The zero-order chi connectivity index (χ0) is 23.4. The van der Waals surface area contributed by atoms with Crippen LogP contribution in [0.5, 0.6) is 5.75 Å². The van der Waals surface area contributed by atoms with Crippen molar-refractivity contribution in [3.8, 4) is 5.75 Å². The molecule has 0 aliphatic carbocycles. The van der Waals surface area contributed by atoms with Crippen molar-refractivity contribution in [1.29, 1.82) is 0 Å². The van der Waals surface area contributed by atoms with Crippen LogP contribution in [0, 0.1) is 6.92 Å². The molecule has 1 atom stereocenters. The number of ether oxygens (including phenoxy) is 2. The molecule has 0 radical (unpaired) electrons. The monoisotopic (exact) mass is 477 g/mol. The molecule has 1 heterocycles. The Morgan fingerprint density at radius 1 is 1.16 bits per heavy atom. The minimum absolute atomic E-state index is 0.0907. The third kappa shape index (κ3) is 5.41. The minimum atomic E-state index is -1.06. The van der Waals surface area contributed by atoms with Gasteiger partial charge in [-0.2, -0.15) is 0 Å². The molecule has 1 unspecified atom stereocenters. The van der Waals surface area contributed by atoms with Crippen molar-refractivity contribution in [1.82, 2.24) is 0 Å². The highest BCUT2D eigenvalue weighted by atomic mass is 35.5. The van der Waals surface area contributed by atoms with Gasteiger partial charge in [0, 0.05) is 28.5 Å². The number of halogens is 2. The summed E-state index contributed by atoms with van der Waals surface area (Å²) in [6.07, 6.45) is -1.03. The van der Waals surface area contributed by atoms with Gasteiger partial charge in [0.1, 0.15) is 11.3 Å². The van der Waals surface area contributed by atoms with Crippen molar-refractivity contribution < 1.29 is 23.5 Å². The number of esters is 1. The molecule has 168 valence electrons. The van der Waals surface area contributed by atoms with Gasteiger partial charge in [0.05, 0.1) is 17.8 Å².